The van der Waals surface area contributed by atoms with E-state index in [1.165, 1.54) is 6.42 Å². The zero-order valence-corrected chi connectivity index (χ0v) is 14.8. The molecule has 2 bridgehead atoms. The monoisotopic (exact) mass is 316 g/mol. The van der Waals surface area contributed by atoms with E-state index in [-0.39, 0.29) is 16.9 Å². The Bertz CT molecular complexity index is 676. The Balaban J connectivity index is 1.69. The van der Waals surface area contributed by atoms with Gasteiger partial charge in [-0.25, -0.2) is 0 Å². The van der Waals surface area contributed by atoms with Crippen LogP contribution in [0.4, 0.5) is 0 Å². The van der Waals surface area contributed by atoms with E-state index >= 15 is 0 Å². The van der Waals surface area contributed by atoms with E-state index in [9.17, 15) is 9.59 Å². The molecule has 0 unspecified atom stereocenters. The SMILES string of the molecule is Cc1cccc(=O)n1CCC(=O)N1C[C@]2(C)C[C@H]1CC(C)(C)C2. The van der Waals surface area contributed by atoms with E-state index in [4.69, 9.17) is 0 Å². The lowest BCUT2D eigenvalue weighted by Crippen LogP contribution is -2.38. The molecule has 1 amide bonds. The molecule has 2 heterocycles. The Labute approximate surface area is 138 Å². The van der Waals surface area contributed by atoms with Crippen molar-refractivity contribution in [2.45, 2.75) is 66.0 Å². The summed E-state index contributed by atoms with van der Waals surface area (Å²) in [5.74, 6) is 0.201. The van der Waals surface area contributed by atoms with Crippen molar-refractivity contribution in [3.8, 4) is 0 Å². The van der Waals surface area contributed by atoms with Crippen molar-refractivity contribution in [2.24, 2.45) is 10.8 Å². The van der Waals surface area contributed by atoms with Gasteiger partial charge in [0.25, 0.3) is 5.56 Å². The van der Waals surface area contributed by atoms with Crippen LogP contribution in [0.5, 0.6) is 0 Å². The highest BCUT2D eigenvalue weighted by atomic mass is 16.2. The minimum Gasteiger partial charge on any atom is -0.339 e. The van der Waals surface area contributed by atoms with E-state index in [2.05, 4.69) is 25.7 Å². The molecule has 0 N–H and O–H groups in total. The van der Waals surface area contributed by atoms with Crippen molar-refractivity contribution in [2.75, 3.05) is 6.54 Å². The number of hydrogen-bond acceptors (Lipinski definition) is 2. The summed E-state index contributed by atoms with van der Waals surface area (Å²) >= 11 is 0. The summed E-state index contributed by atoms with van der Waals surface area (Å²) in [5.41, 5.74) is 1.48. The summed E-state index contributed by atoms with van der Waals surface area (Å²) in [4.78, 5) is 26.8. The van der Waals surface area contributed by atoms with Gasteiger partial charge in [-0.2, -0.15) is 0 Å². The fraction of sp³-hybridized carbons (Fsp3) is 0.684. The van der Waals surface area contributed by atoms with Gasteiger partial charge in [0.15, 0.2) is 0 Å². The number of likely N-dealkylation sites (tertiary alicyclic amines) is 1. The highest BCUT2D eigenvalue weighted by molar-refractivity contribution is 5.77. The fourth-order valence-electron chi connectivity index (χ4n) is 5.01. The minimum atomic E-state index is -0.0222. The molecule has 4 heteroatoms. The normalized spacial score (nSPS) is 28.9. The second-order valence-corrected chi connectivity index (χ2v) is 8.64. The Kier molecular flexibility index (Phi) is 3.89. The van der Waals surface area contributed by atoms with Crippen LogP contribution in [0.2, 0.25) is 0 Å². The highest BCUT2D eigenvalue weighted by Crippen LogP contribution is 2.52. The number of aromatic nitrogens is 1. The van der Waals surface area contributed by atoms with Crippen molar-refractivity contribution < 1.29 is 4.79 Å². The molecule has 0 aromatic carbocycles. The van der Waals surface area contributed by atoms with Gasteiger partial charge < -0.3 is 9.47 Å². The summed E-state index contributed by atoms with van der Waals surface area (Å²) in [6.45, 7) is 10.2. The first-order valence-corrected chi connectivity index (χ1v) is 8.65. The van der Waals surface area contributed by atoms with Crippen molar-refractivity contribution >= 4 is 5.91 Å². The molecule has 23 heavy (non-hydrogen) atoms. The lowest BCUT2D eigenvalue weighted by molar-refractivity contribution is -0.132. The molecule has 1 saturated carbocycles. The van der Waals surface area contributed by atoms with Crippen molar-refractivity contribution in [1.29, 1.82) is 0 Å². The first kappa shape index (κ1) is 16.3. The van der Waals surface area contributed by atoms with Gasteiger partial charge in [-0.05, 0) is 43.1 Å². The third-order valence-corrected chi connectivity index (χ3v) is 5.55. The van der Waals surface area contributed by atoms with Gasteiger partial charge in [0, 0.05) is 37.3 Å². The van der Waals surface area contributed by atoms with E-state index < -0.39 is 0 Å². The molecule has 1 saturated heterocycles. The first-order valence-electron chi connectivity index (χ1n) is 8.65. The lowest BCUT2D eigenvalue weighted by Gasteiger charge is -2.39. The summed E-state index contributed by atoms with van der Waals surface area (Å²) in [6, 6.07) is 5.62. The van der Waals surface area contributed by atoms with Crippen LogP contribution in [0.15, 0.2) is 23.0 Å². The van der Waals surface area contributed by atoms with E-state index in [0.29, 0.717) is 24.4 Å². The number of amides is 1. The molecule has 1 aliphatic carbocycles. The quantitative estimate of drug-likeness (QED) is 0.860. The largest absolute Gasteiger partial charge is 0.339 e. The van der Waals surface area contributed by atoms with Crippen LogP contribution in [0.3, 0.4) is 0 Å². The smallest absolute Gasteiger partial charge is 0.250 e. The maximum Gasteiger partial charge on any atom is 0.250 e. The zero-order chi connectivity index (χ0) is 16.8. The van der Waals surface area contributed by atoms with Gasteiger partial charge >= 0.3 is 0 Å². The van der Waals surface area contributed by atoms with Gasteiger partial charge in [0.1, 0.15) is 0 Å². The zero-order valence-electron chi connectivity index (χ0n) is 14.8. The molecule has 4 nitrogen and oxygen atoms in total. The highest BCUT2D eigenvalue weighted by Gasteiger charge is 2.50. The maximum atomic E-state index is 12.7. The average molecular weight is 316 g/mol. The van der Waals surface area contributed by atoms with E-state index in [1.807, 2.05) is 13.0 Å². The van der Waals surface area contributed by atoms with Crippen LogP contribution < -0.4 is 5.56 Å². The molecule has 0 radical (unpaired) electrons. The van der Waals surface area contributed by atoms with Gasteiger partial charge in [0.05, 0.1) is 0 Å². The summed E-state index contributed by atoms with van der Waals surface area (Å²) in [6.07, 6.45) is 3.83. The predicted molar refractivity (Wildman–Crippen MR) is 91.3 cm³/mol. The van der Waals surface area contributed by atoms with Crippen LogP contribution in [0, 0.1) is 17.8 Å². The number of fused-ring (bicyclic) bond motifs is 2. The number of aryl methyl sites for hydroxylation is 1. The fourth-order valence-corrected chi connectivity index (χ4v) is 5.01. The maximum absolute atomic E-state index is 12.7. The summed E-state index contributed by atoms with van der Waals surface area (Å²) in [5, 5.41) is 0. The van der Waals surface area contributed by atoms with Crippen LogP contribution >= 0.6 is 0 Å². The molecule has 1 aromatic rings. The third kappa shape index (κ3) is 3.22. The van der Waals surface area contributed by atoms with E-state index in [1.54, 1.807) is 16.7 Å². The Morgan fingerprint density at radius 1 is 1.26 bits per heavy atom. The molecule has 2 atom stereocenters. The average Bonchev–Trinajstić information content (AvgIpc) is 2.67. The number of rotatable bonds is 3. The van der Waals surface area contributed by atoms with Crippen LogP contribution in [-0.4, -0.2) is 28.0 Å². The summed E-state index contributed by atoms with van der Waals surface area (Å²) in [7, 11) is 0. The molecule has 0 spiro atoms. The predicted octanol–water partition coefficient (Wildman–Crippen LogP) is 2.97. The van der Waals surface area contributed by atoms with Crippen molar-refractivity contribution in [1.82, 2.24) is 9.47 Å². The number of hydrogen-bond donors (Lipinski definition) is 0. The Morgan fingerprint density at radius 2 is 2.00 bits per heavy atom. The summed E-state index contributed by atoms with van der Waals surface area (Å²) < 4.78 is 1.70. The minimum absolute atomic E-state index is 0.0222. The van der Waals surface area contributed by atoms with Crippen LogP contribution in [0.25, 0.3) is 0 Å². The van der Waals surface area contributed by atoms with Gasteiger partial charge in [-0.1, -0.05) is 26.8 Å². The molecule has 3 rings (SSSR count). The van der Waals surface area contributed by atoms with E-state index in [0.717, 1.165) is 25.1 Å². The molecule has 126 valence electrons. The second kappa shape index (κ2) is 5.50. The Hall–Kier alpha value is -1.58. The molecule has 2 aliphatic rings. The number of nitrogens with zero attached hydrogens (tertiary/aromatic N) is 2. The topological polar surface area (TPSA) is 42.3 Å². The molecule has 1 aliphatic heterocycles. The van der Waals surface area contributed by atoms with Gasteiger partial charge in [-0.3, -0.25) is 9.59 Å². The molecule has 1 aromatic heterocycles. The second-order valence-electron chi connectivity index (χ2n) is 8.64. The standard InChI is InChI=1S/C19H28N2O2/c1-14-6-5-7-16(22)20(14)9-8-17(23)21-13-19(4)11-15(21)10-18(2,3)12-19/h5-7,15H,8-13H2,1-4H3/t15-,19-/m1/s1. The molecular weight excluding hydrogens is 288 g/mol. The van der Waals surface area contributed by atoms with Crippen LogP contribution in [-0.2, 0) is 11.3 Å². The van der Waals surface area contributed by atoms with Crippen LogP contribution in [0.1, 0.15) is 52.1 Å². The molecule has 2 fully saturated rings. The lowest BCUT2D eigenvalue weighted by atomic mass is 9.65. The first-order chi connectivity index (χ1) is 10.7. The number of carbonyl (C=O) groups excluding carboxylic acids is 1. The van der Waals surface area contributed by atoms with Crippen molar-refractivity contribution in [3.05, 3.63) is 34.2 Å². The van der Waals surface area contributed by atoms with Gasteiger partial charge in [0.2, 0.25) is 5.91 Å². The van der Waals surface area contributed by atoms with Gasteiger partial charge in [-0.15, -0.1) is 0 Å². The number of pyridine rings is 1. The molecular formula is C19H28N2O2. The number of carbonyl (C=O) groups is 1. The third-order valence-electron chi connectivity index (χ3n) is 5.55. The van der Waals surface area contributed by atoms with Crippen molar-refractivity contribution in [3.63, 3.8) is 0 Å². The Morgan fingerprint density at radius 3 is 2.70 bits per heavy atom.